The van der Waals surface area contributed by atoms with Gasteiger partial charge in [0.25, 0.3) is 11.8 Å². The SMILES string of the molecule is COc1ccc(NC2=C(c3ccc(OC(C)C)cc3)C(=O)N(c3cc(C)ccc3C)C2=O)cc1. The Morgan fingerprint density at radius 2 is 1.47 bits per heavy atom. The molecule has 34 heavy (non-hydrogen) atoms. The van der Waals surface area contributed by atoms with Crippen molar-refractivity contribution in [3.63, 3.8) is 0 Å². The molecule has 0 unspecified atom stereocenters. The lowest BCUT2D eigenvalue weighted by Gasteiger charge is -2.18. The number of nitrogens with one attached hydrogen (secondary N) is 1. The molecule has 2 amide bonds. The van der Waals surface area contributed by atoms with Crippen molar-refractivity contribution in [2.24, 2.45) is 0 Å². The summed E-state index contributed by atoms with van der Waals surface area (Å²) in [5, 5.41) is 3.18. The van der Waals surface area contributed by atoms with E-state index in [4.69, 9.17) is 9.47 Å². The number of amides is 2. The van der Waals surface area contributed by atoms with E-state index in [9.17, 15) is 9.59 Å². The van der Waals surface area contributed by atoms with Crippen LogP contribution in [-0.4, -0.2) is 25.0 Å². The molecular formula is C28H28N2O4. The van der Waals surface area contributed by atoms with Crippen LogP contribution >= 0.6 is 0 Å². The zero-order valence-corrected chi connectivity index (χ0v) is 20.0. The second kappa shape index (κ2) is 9.43. The third kappa shape index (κ3) is 4.53. The first-order valence-electron chi connectivity index (χ1n) is 11.2. The molecule has 0 aliphatic carbocycles. The minimum atomic E-state index is -0.396. The smallest absolute Gasteiger partial charge is 0.282 e. The quantitative estimate of drug-likeness (QED) is 0.476. The zero-order chi connectivity index (χ0) is 24.4. The molecule has 0 saturated heterocycles. The number of methoxy groups -OCH3 is 1. The topological polar surface area (TPSA) is 67.9 Å². The standard InChI is InChI=1S/C28H28N2O4/c1-17(2)34-23-12-8-20(9-13-23)25-26(29-21-10-14-22(33-5)15-11-21)28(32)30(27(25)31)24-16-18(3)6-7-19(24)4/h6-17,29H,1-5H3. The Hall–Kier alpha value is -4.06. The van der Waals surface area contributed by atoms with Crippen LogP contribution < -0.4 is 19.7 Å². The molecule has 0 radical (unpaired) electrons. The Bertz CT molecular complexity index is 1260. The van der Waals surface area contributed by atoms with Gasteiger partial charge in [0.05, 0.1) is 24.5 Å². The maximum Gasteiger partial charge on any atom is 0.282 e. The average Bonchev–Trinajstić information content (AvgIpc) is 3.05. The van der Waals surface area contributed by atoms with Gasteiger partial charge in [0.15, 0.2) is 0 Å². The number of hydrogen-bond acceptors (Lipinski definition) is 5. The van der Waals surface area contributed by atoms with Crippen LogP contribution in [0.3, 0.4) is 0 Å². The summed E-state index contributed by atoms with van der Waals surface area (Å²) >= 11 is 0. The van der Waals surface area contributed by atoms with E-state index in [0.29, 0.717) is 34.0 Å². The molecule has 0 atom stereocenters. The van der Waals surface area contributed by atoms with Crippen LogP contribution in [0.4, 0.5) is 11.4 Å². The van der Waals surface area contributed by atoms with Crippen molar-refractivity contribution in [1.29, 1.82) is 0 Å². The molecule has 3 aromatic carbocycles. The van der Waals surface area contributed by atoms with Gasteiger partial charge in [0.2, 0.25) is 0 Å². The molecule has 1 aliphatic rings. The highest BCUT2D eigenvalue weighted by molar-refractivity contribution is 6.46. The van der Waals surface area contributed by atoms with E-state index < -0.39 is 5.91 Å². The van der Waals surface area contributed by atoms with E-state index in [1.54, 1.807) is 43.5 Å². The zero-order valence-electron chi connectivity index (χ0n) is 20.0. The predicted molar refractivity (Wildman–Crippen MR) is 134 cm³/mol. The normalized spacial score (nSPS) is 13.6. The number of rotatable bonds is 7. The first-order chi connectivity index (χ1) is 16.3. The van der Waals surface area contributed by atoms with Crippen LogP contribution in [0, 0.1) is 13.8 Å². The third-order valence-corrected chi connectivity index (χ3v) is 5.56. The summed E-state index contributed by atoms with van der Waals surface area (Å²) < 4.78 is 11.0. The summed E-state index contributed by atoms with van der Waals surface area (Å²) in [7, 11) is 1.59. The molecule has 6 heteroatoms. The van der Waals surface area contributed by atoms with Crippen LogP contribution in [0.15, 0.2) is 72.4 Å². The molecule has 0 fully saturated rings. The van der Waals surface area contributed by atoms with Crippen molar-refractivity contribution in [2.45, 2.75) is 33.8 Å². The monoisotopic (exact) mass is 456 g/mol. The molecule has 0 bridgehead atoms. The number of carbonyl (C=O) groups is 2. The number of ether oxygens (including phenoxy) is 2. The molecule has 1 aliphatic heterocycles. The largest absolute Gasteiger partial charge is 0.497 e. The summed E-state index contributed by atoms with van der Waals surface area (Å²) in [5.41, 5.74) is 4.26. The maximum absolute atomic E-state index is 13.7. The van der Waals surface area contributed by atoms with Crippen LogP contribution in [-0.2, 0) is 9.59 Å². The number of carbonyl (C=O) groups excluding carboxylic acids is 2. The molecule has 4 rings (SSSR count). The molecule has 3 aromatic rings. The fourth-order valence-electron chi connectivity index (χ4n) is 3.88. The number of nitrogens with zero attached hydrogens (tertiary/aromatic N) is 1. The van der Waals surface area contributed by atoms with Gasteiger partial charge in [-0.15, -0.1) is 0 Å². The molecular weight excluding hydrogens is 428 g/mol. The fraction of sp³-hybridized carbons (Fsp3) is 0.214. The van der Waals surface area contributed by atoms with Crippen LogP contribution in [0.5, 0.6) is 11.5 Å². The Labute approximate surface area is 199 Å². The van der Waals surface area contributed by atoms with Crippen LogP contribution in [0.2, 0.25) is 0 Å². The van der Waals surface area contributed by atoms with E-state index in [0.717, 1.165) is 11.1 Å². The van der Waals surface area contributed by atoms with Crippen LogP contribution in [0.25, 0.3) is 5.57 Å². The summed E-state index contributed by atoms with van der Waals surface area (Å²) in [6, 6.07) is 20.2. The van der Waals surface area contributed by atoms with Crippen molar-refractivity contribution in [3.8, 4) is 11.5 Å². The number of imide groups is 1. The summed E-state index contributed by atoms with van der Waals surface area (Å²) in [5.74, 6) is 0.637. The van der Waals surface area contributed by atoms with Crippen LogP contribution in [0.1, 0.15) is 30.5 Å². The van der Waals surface area contributed by atoms with Gasteiger partial charge in [-0.1, -0.05) is 24.3 Å². The Kier molecular flexibility index (Phi) is 6.41. The summed E-state index contributed by atoms with van der Waals surface area (Å²) in [4.78, 5) is 28.6. The fourth-order valence-corrected chi connectivity index (χ4v) is 3.88. The molecule has 0 aromatic heterocycles. The van der Waals surface area contributed by atoms with Gasteiger partial charge >= 0.3 is 0 Å². The lowest BCUT2D eigenvalue weighted by Crippen LogP contribution is -2.33. The lowest BCUT2D eigenvalue weighted by molar-refractivity contribution is -0.120. The maximum atomic E-state index is 13.7. The molecule has 6 nitrogen and oxygen atoms in total. The number of hydrogen-bond donors (Lipinski definition) is 1. The Balaban J connectivity index is 1.79. The molecule has 1 heterocycles. The first kappa shape index (κ1) is 23.1. The minimum Gasteiger partial charge on any atom is -0.497 e. The Morgan fingerprint density at radius 1 is 0.824 bits per heavy atom. The van der Waals surface area contributed by atoms with Gasteiger partial charge in [0.1, 0.15) is 17.2 Å². The minimum absolute atomic E-state index is 0.0341. The van der Waals surface area contributed by atoms with Crippen molar-refractivity contribution in [3.05, 3.63) is 89.1 Å². The summed E-state index contributed by atoms with van der Waals surface area (Å²) in [6.07, 6.45) is 0.0341. The van der Waals surface area contributed by atoms with E-state index in [-0.39, 0.29) is 17.7 Å². The van der Waals surface area contributed by atoms with E-state index in [1.807, 2.05) is 58.0 Å². The molecule has 174 valence electrons. The van der Waals surface area contributed by atoms with Gasteiger partial charge in [-0.3, -0.25) is 9.59 Å². The lowest BCUT2D eigenvalue weighted by atomic mass is 10.0. The van der Waals surface area contributed by atoms with Crippen molar-refractivity contribution < 1.29 is 19.1 Å². The van der Waals surface area contributed by atoms with Crippen molar-refractivity contribution in [1.82, 2.24) is 0 Å². The number of aryl methyl sites for hydroxylation is 2. The van der Waals surface area contributed by atoms with Gasteiger partial charge in [-0.25, -0.2) is 4.90 Å². The Morgan fingerprint density at radius 3 is 2.09 bits per heavy atom. The number of benzene rings is 3. The number of anilines is 2. The van der Waals surface area contributed by atoms with E-state index in [2.05, 4.69) is 5.32 Å². The molecule has 0 spiro atoms. The first-order valence-corrected chi connectivity index (χ1v) is 11.2. The average molecular weight is 457 g/mol. The van der Waals surface area contributed by atoms with Crippen molar-refractivity contribution in [2.75, 3.05) is 17.3 Å². The predicted octanol–water partition coefficient (Wildman–Crippen LogP) is 5.50. The highest BCUT2D eigenvalue weighted by Crippen LogP contribution is 2.36. The molecule has 1 N–H and O–H groups in total. The van der Waals surface area contributed by atoms with Gasteiger partial charge < -0.3 is 14.8 Å². The second-order valence-electron chi connectivity index (χ2n) is 8.53. The van der Waals surface area contributed by atoms with Gasteiger partial charge in [0, 0.05) is 5.69 Å². The second-order valence-corrected chi connectivity index (χ2v) is 8.53. The third-order valence-electron chi connectivity index (χ3n) is 5.56. The van der Waals surface area contributed by atoms with Gasteiger partial charge in [-0.05, 0) is 86.8 Å². The van der Waals surface area contributed by atoms with Crippen molar-refractivity contribution >= 4 is 28.8 Å². The highest BCUT2D eigenvalue weighted by Gasteiger charge is 2.40. The van der Waals surface area contributed by atoms with Gasteiger partial charge in [-0.2, -0.15) is 0 Å². The molecule has 0 saturated carbocycles. The summed E-state index contributed by atoms with van der Waals surface area (Å²) in [6.45, 7) is 7.73. The van der Waals surface area contributed by atoms with E-state index >= 15 is 0 Å². The highest BCUT2D eigenvalue weighted by atomic mass is 16.5. The van der Waals surface area contributed by atoms with E-state index in [1.165, 1.54) is 4.90 Å².